The van der Waals surface area contributed by atoms with E-state index in [1.54, 1.807) is 12.1 Å². The second kappa shape index (κ2) is 6.51. The summed E-state index contributed by atoms with van der Waals surface area (Å²) < 4.78 is 5.76. The highest BCUT2D eigenvalue weighted by Gasteiger charge is 2.06. The van der Waals surface area contributed by atoms with Crippen molar-refractivity contribution in [2.45, 2.75) is 19.4 Å². The van der Waals surface area contributed by atoms with Crippen molar-refractivity contribution < 1.29 is 4.74 Å². The molecule has 4 heteroatoms. The van der Waals surface area contributed by atoms with E-state index in [2.05, 4.69) is 0 Å². The monoisotopic (exact) mass is 314 g/mol. The molecule has 0 atom stereocenters. The summed E-state index contributed by atoms with van der Waals surface area (Å²) in [5.41, 5.74) is 2.95. The van der Waals surface area contributed by atoms with Crippen LogP contribution < -0.4 is 4.74 Å². The third-order valence-electron chi connectivity index (χ3n) is 2.76. The summed E-state index contributed by atoms with van der Waals surface area (Å²) in [6.07, 6.45) is 0. The molecule has 0 heterocycles. The van der Waals surface area contributed by atoms with Crippen LogP contribution in [0, 0.1) is 6.92 Å². The van der Waals surface area contributed by atoms with Crippen molar-refractivity contribution >= 4 is 34.8 Å². The zero-order valence-electron chi connectivity index (χ0n) is 10.4. The molecular formula is C15H13Cl3O. The lowest BCUT2D eigenvalue weighted by Gasteiger charge is -2.11. The molecular weight excluding hydrogens is 303 g/mol. The van der Waals surface area contributed by atoms with Gasteiger partial charge in [-0.25, -0.2) is 0 Å². The average molecular weight is 316 g/mol. The third-order valence-corrected chi connectivity index (χ3v) is 3.63. The van der Waals surface area contributed by atoms with Crippen LogP contribution in [0.5, 0.6) is 5.75 Å². The van der Waals surface area contributed by atoms with Gasteiger partial charge in [0.2, 0.25) is 0 Å². The first-order valence-corrected chi connectivity index (χ1v) is 7.11. The first-order valence-electron chi connectivity index (χ1n) is 5.82. The molecule has 0 unspecified atom stereocenters. The molecule has 2 aromatic rings. The van der Waals surface area contributed by atoms with Crippen LogP contribution in [0.2, 0.25) is 10.0 Å². The van der Waals surface area contributed by atoms with Crippen LogP contribution in [0.3, 0.4) is 0 Å². The molecule has 0 aliphatic heterocycles. The molecule has 100 valence electrons. The SMILES string of the molecule is Cc1ccc(COc2ccc(Cl)cc2CCl)c(Cl)c1. The molecule has 0 radical (unpaired) electrons. The molecule has 0 aliphatic carbocycles. The number of hydrogen-bond donors (Lipinski definition) is 0. The van der Waals surface area contributed by atoms with Gasteiger partial charge in [-0.1, -0.05) is 35.3 Å². The van der Waals surface area contributed by atoms with Gasteiger partial charge in [0.05, 0.1) is 5.88 Å². The Morgan fingerprint density at radius 1 is 1.00 bits per heavy atom. The lowest BCUT2D eigenvalue weighted by atomic mass is 10.1. The van der Waals surface area contributed by atoms with Crippen molar-refractivity contribution in [1.29, 1.82) is 0 Å². The fourth-order valence-electron chi connectivity index (χ4n) is 1.72. The summed E-state index contributed by atoms with van der Waals surface area (Å²) >= 11 is 18.0. The quantitative estimate of drug-likeness (QED) is 0.665. The Kier molecular flexibility index (Phi) is 4.98. The second-order valence-electron chi connectivity index (χ2n) is 4.27. The zero-order valence-corrected chi connectivity index (χ0v) is 12.7. The minimum atomic E-state index is 0.359. The third kappa shape index (κ3) is 3.79. The molecule has 0 spiro atoms. The van der Waals surface area contributed by atoms with Gasteiger partial charge < -0.3 is 4.74 Å². The fraction of sp³-hybridized carbons (Fsp3) is 0.200. The second-order valence-corrected chi connectivity index (χ2v) is 5.38. The molecule has 0 N–H and O–H groups in total. The first kappa shape index (κ1) is 14.5. The maximum Gasteiger partial charge on any atom is 0.124 e. The van der Waals surface area contributed by atoms with E-state index >= 15 is 0 Å². The summed E-state index contributed by atoms with van der Waals surface area (Å²) in [6.45, 7) is 2.41. The van der Waals surface area contributed by atoms with Gasteiger partial charge in [0.1, 0.15) is 12.4 Å². The summed E-state index contributed by atoms with van der Waals surface area (Å²) in [5.74, 6) is 1.09. The number of hydrogen-bond acceptors (Lipinski definition) is 1. The van der Waals surface area contributed by atoms with E-state index in [0.717, 1.165) is 22.4 Å². The van der Waals surface area contributed by atoms with E-state index in [4.69, 9.17) is 39.5 Å². The lowest BCUT2D eigenvalue weighted by molar-refractivity contribution is 0.304. The van der Waals surface area contributed by atoms with Gasteiger partial charge in [0.25, 0.3) is 0 Å². The minimum absolute atomic E-state index is 0.359. The van der Waals surface area contributed by atoms with Crippen LogP contribution in [0.1, 0.15) is 16.7 Å². The highest BCUT2D eigenvalue weighted by Crippen LogP contribution is 2.26. The van der Waals surface area contributed by atoms with Gasteiger partial charge in [-0.15, -0.1) is 11.6 Å². The molecule has 19 heavy (non-hydrogen) atoms. The Labute approximate surface area is 128 Å². The zero-order chi connectivity index (χ0) is 13.8. The highest BCUT2D eigenvalue weighted by molar-refractivity contribution is 6.31. The van der Waals surface area contributed by atoms with Crippen molar-refractivity contribution in [2.75, 3.05) is 0 Å². The van der Waals surface area contributed by atoms with Crippen LogP contribution in [-0.2, 0) is 12.5 Å². The van der Waals surface area contributed by atoms with Crippen molar-refractivity contribution in [2.24, 2.45) is 0 Å². The molecule has 0 bridgehead atoms. The molecule has 0 amide bonds. The van der Waals surface area contributed by atoms with Gasteiger partial charge in [-0.3, -0.25) is 0 Å². The lowest BCUT2D eigenvalue weighted by Crippen LogP contribution is -1.99. The predicted octanol–water partition coefficient (Wildman–Crippen LogP) is 5.62. The Morgan fingerprint density at radius 3 is 2.47 bits per heavy atom. The van der Waals surface area contributed by atoms with Crippen LogP contribution in [0.15, 0.2) is 36.4 Å². The van der Waals surface area contributed by atoms with E-state index in [-0.39, 0.29) is 0 Å². The van der Waals surface area contributed by atoms with Crippen LogP contribution in [0.25, 0.3) is 0 Å². The van der Waals surface area contributed by atoms with Crippen molar-refractivity contribution in [1.82, 2.24) is 0 Å². The average Bonchev–Trinajstić information content (AvgIpc) is 2.39. The van der Waals surface area contributed by atoms with Crippen LogP contribution in [0.4, 0.5) is 0 Å². The highest BCUT2D eigenvalue weighted by atomic mass is 35.5. The molecule has 2 aromatic carbocycles. The van der Waals surface area contributed by atoms with E-state index < -0.39 is 0 Å². The molecule has 0 aromatic heterocycles. The number of ether oxygens (including phenoxy) is 1. The Hall–Kier alpha value is -0.890. The summed E-state index contributed by atoms with van der Waals surface area (Å²) in [6, 6.07) is 11.3. The van der Waals surface area contributed by atoms with E-state index in [9.17, 15) is 0 Å². The van der Waals surface area contributed by atoms with Crippen molar-refractivity contribution in [3.05, 3.63) is 63.1 Å². The first-order chi connectivity index (χ1) is 9.10. The molecule has 0 saturated carbocycles. The molecule has 1 nitrogen and oxygen atoms in total. The van der Waals surface area contributed by atoms with E-state index in [1.165, 1.54) is 0 Å². The van der Waals surface area contributed by atoms with Crippen molar-refractivity contribution in [3.8, 4) is 5.75 Å². The summed E-state index contributed by atoms with van der Waals surface area (Å²) in [5, 5.41) is 1.36. The molecule has 0 saturated heterocycles. The maximum absolute atomic E-state index is 6.17. The van der Waals surface area contributed by atoms with E-state index in [1.807, 2.05) is 31.2 Å². The van der Waals surface area contributed by atoms with Gasteiger partial charge >= 0.3 is 0 Å². The van der Waals surface area contributed by atoms with E-state index in [0.29, 0.717) is 22.5 Å². The number of benzene rings is 2. The number of rotatable bonds is 4. The molecule has 0 aliphatic rings. The predicted molar refractivity (Wildman–Crippen MR) is 81.5 cm³/mol. The smallest absolute Gasteiger partial charge is 0.124 e. The maximum atomic E-state index is 6.17. The van der Waals surface area contributed by atoms with Crippen molar-refractivity contribution in [3.63, 3.8) is 0 Å². The number of alkyl halides is 1. The van der Waals surface area contributed by atoms with Gasteiger partial charge in [0.15, 0.2) is 0 Å². The minimum Gasteiger partial charge on any atom is -0.489 e. The Morgan fingerprint density at radius 2 is 1.79 bits per heavy atom. The molecule has 0 fully saturated rings. The topological polar surface area (TPSA) is 9.23 Å². The number of aryl methyl sites for hydroxylation is 1. The summed E-state index contributed by atoms with van der Waals surface area (Å²) in [7, 11) is 0. The normalized spacial score (nSPS) is 10.5. The number of halogens is 3. The van der Waals surface area contributed by atoms with Crippen LogP contribution >= 0.6 is 34.8 Å². The Bertz CT molecular complexity index is 582. The van der Waals surface area contributed by atoms with Gasteiger partial charge in [0, 0.05) is 21.2 Å². The fourth-order valence-corrected chi connectivity index (χ4v) is 2.41. The standard InChI is InChI=1S/C15H13Cl3O/c1-10-2-3-11(14(18)6-10)9-19-15-5-4-13(17)7-12(15)8-16/h2-7H,8-9H2,1H3. The summed E-state index contributed by atoms with van der Waals surface area (Å²) in [4.78, 5) is 0. The van der Waals surface area contributed by atoms with Gasteiger partial charge in [-0.2, -0.15) is 0 Å². The molecule has 2 rings (SSSR count). The van der Waals surface area contributed by atoms with Crippen LogP contribution in [-0.4, -0.2) is 0 Å². The largest absolute Gasteiger partial charge is 0.489 e. The van der Waals surface area contributed by atoms with Gasteiger partial charge in [-0.05, 0) is 36.8 Å². The Balaban J connectivity index is 2.14.